The van der Waals surface area contributed by atoms with E-state index in [9.17, 15) is 10.2 Å². The number of nitrogens with zero attached hydrogens (tertiary/aromatic N) is 2. The predicted octanol–water partition coefficient (Wildman–Crippen LogP) is 3.66. The van der Waals surface area contributed by atoms with Gasteiger partial charge in [0.15, 0.2) is 11.2 Å². The Morgan fingerprint density at radius 2 is 1.79 bits per heavy atom. The number of halogens is 1. The number of fused-ring (bicyclic) bond motifs is 3. The van der Waals surface area contributed by atoms with Gasteiger partial charge < -0.3 is 24.6 Å². The summed E-state index contributed by atoms with van der Waals surface area (Å²) >= 11 is 3.52. The zero-order valence-electron chi connectivity index (χ0n) is 18.8. The highest BCUT2D eigenvalue weighted by Crippen LogP contribution is 2.69. The van der Waals surface area contributed by atoms with Crippen molar-refractivity contribution in [1.82, 2.24) is 9.88 Å². The predicted molar refractivity (Wildman–Crippen MR) is 128 cm³/mol. The quantitative estimate of drug-likeness (QED) is 0.545. The SMILES string of the molecule is COc1cncc2c1[C@]1(O)[C@H](O)[C@H](CN(C)C)[C@@H](c3ccccc3)[C@]1(c1ccc(Br)cc1)O2. The van der Waals surface area contributed by atoms with Gasteiger partial charge in [-0.25, -0.2) is 0 Å². The maximum absolute atomic E-state index is 12.6. The van der Waals surface area contributed by atoms with Crippen molar-refractivity contribution in [2.45, 2.75) is 23.2 Å². The van der Waals surface area contributed by atoms with Crippen LogP contribution >= 0.6 is 15.9 Å². The molecule has 172 valence electrons. The fourth-order valence-corrected chi connectivity index (χ4v) is 6.12. The fraction of sp³-hybridized carbons (Fsp3) is 0.346. The number of rotatable bonds is 5. The van der Waals surface area contributed by atoms with Crippen LogP contribution in [0.15, 0.2) is 71.5 Å². The first kappa shape index (κ1) is 22.3. The molecule has 2 aliphatic rings. The second-order valence-corrected chi connectivity index (χ2v) is 10.0. The van der Waals surface area contributed by atoms with Gasteiger partial charge in [0.25, 0.3) is 0 Å². The Morgan fingerprint density at radius 1 is 1.09 bits per heavy atom. The van der Waals surface area contributed by atoms with Crippen molar-refractivity contribution in [1.29, 1.82) is 0 Å². The van der Waals surface area contributed by atoms with E-state index in [-0.39, 0.29) is 11.8 Å². The molecular formula is C26H27BrN2O4. The summed E-state index contributed by atoms with van der Waals surface area (Å²) in [4.78, 5) is 6.29. The van der Waals surface area contributed by atoms with Crippen LogP contribution in [0.3, 0.4) is 0 Å². The number of hydrogen-bond donors (Lipinski definition) is 2. The Labute approximate surface area is 201 Å². The number of methoxy groups -OCH3 is 1. The molecule has 0 bridgehead atoms. The second-order valence-electron chi connectivity index (χ2n) is 9.09. The van der Waals surface area contributed by atoms with Gasteiger partial charge in [-0.15, -0.1) is 0 Å². The van der Waals surface area contributed by atoms with Crippen LogP contribution in [0.5, 0.6) is 11.5 Å². The molecule has 0 amide bonds. The van der Waals surface area contributed by atoms with E-state index in [4.69, 9.17) is 9.47 Å². The van der Waals surface area contributed by atoms with E-state index in [0.717, 1.165) is 15.6 Å². The Kier molecular flexibility index (Phi) is 5.48. The van der Waals surface area contributed by atoms with E-state index in [1.54, 1.807) is 12.4 Å². The van der Waals surface area contributed by atoms with Crippen molar-refractivity contribution < 1.29 is 19.7 Å². The molecular weight excluding hydrogens is 484 g/mol. The van der Waals surface area contributed by atoms with Crippen molar-refractivity contribution in [3.05, 3.63) is 88.2 Å². The maximum Gasteiger partial charge on any atom is 0.177 e. The molecule has 3 aromatic rings. The lowest BCUT2D eigenvalue weighted by Gasteiger charge is -2.41. The van der Waals surface area contributed by atoms with Crippen molar-refractivity contribution in [3.8, 4) is 11.5 Å². The fourth-order valence-electron chi connectivity index (χ4n) is 5.85. The summed E-state index contributed by atoms with van der Waals surface area (Å²) in [6.45, 7) is 0.563. The molecule has 0 saturated heterocycles. The average Bonchev–Trinajstić information content (AvgIpc) is 3.18. The van der Waals surface area contributed by atoms with Crippen LogP contribution in [0.4, 0.5) is 0 Å². The number of hydrogen-bond acceptors (Lipinski definition) is 6. The number of aliphatic hydroxyl groups is 2. The summed E-state index contributed by atoms with van der Waals surface area (Å²) in [5, 5.41) is 24.5. The molecule has 5 atom stereocenters. The second kappa shape index (κ2) is 8.09. The summed E-state index contributed by atoms with van der Waals surface area (Å²) in [6, 6.07) is 17.7. The van der Waals surface area contributed by atoms with Crippen LogP contribution < -0.4 is 9.47 Å². The normalized spacial score (nSPS) is 30.1. The molecule has 5 rings (SSSR count). The number of aromatic nitrogens is 1. The molecule has 0 unspecified atom stereocenters. The Hall–Kier alpha value is -2.45. The van der Waals surface area contributed by atoms with Crippen molar-refractivity contribution in [2.24, 2.45) is 5.92 Å². The summed E-state index contributed by atoms with van der Waals surface area (Å²) < 4.78 is 13.3. The highest BCUT2D eigenvalue weighted by atomic mass is 79.9. The first-order chi connectivity index (χ1) is 15.8. The lowest BCUT2D eigenvalue weighted by molar-refractivity contribution is -0.152. The third-order valence-corrected chi connectivity index (χ3v) is 7.55. The van der Waals surface area contributed by atoms with Gasteiger partial charge in [0, 0.05) is 22.9 Å². The average molecular weight is 511 g/mol. The Bertz CT molecular complexity index is 1160. The molecule has 33 heavy (non-hydrogen) atoms. The smallest absolute Gasteiger partial charge is 0.177 e. The van der Waals surface area contributed by atoms with Crippen LogP contribution in [-0.2, 0) is 11.2 Å². The van der Waals surface area contributed by atoms with Crippen LogP contribution in [-0.4, -0.2) is 54.0 Å². The van der Waals surface area contributed by atoms with E-state index < -0.39 is 17.3 Å². The molecule has 1 aromatic heterocycles. The van der Waals surface area contributed by atoms with Crippen LogP contribution in [0.25, 0.3) is 0 Å². The monoisotopic (exact) mass is 510 g/mol. The Balaban J connectivity index is 1.86. The first-order valence-electron chi connectivity index (χ1n) is 10.9. The van der Waals surface area contributed by atoms with Crippen LogP contribution in [0.1, 0.15) is 22.6 Å². The molecule has 1 aliphatic heterocycles. The van der Waals surface area contributed by atoms with E-state index in [0.29, 0.717) is 23.6 Å². The first-order valence-corrected chi connectivity index (χ1v) is 11.7. The van der Waals surface area contributed by atoms with Crippen molar-refractivity contribution in [2.75, 3.05) is 27.7 Å². The molecule has 2 N–H and O–H groups in total. The van der Waals surface area contributed by atoms with Gasteiger partial charge in [0.2, 0.25) is 0 Å². The maximum atomic E-state index is 12.6. The molecule has 0 radical (unpaired) electrons. The van der Waals surface area contributed by atoms with Gasteiger partial charge in [0.1, 0.15) is 11.5 Å². The summed E-state index contributed by atoms with van der Waals surface area (Å²) in [7, 11) is 5.48. The largest absolute Gasteiger partial charge is 0.495 e. The molecule has 1 saturated carbocycles. The van der Waals surface area contributed by atoms with Crippen LogP contribution in [0, 0.1) is 5.92 Å². The molecule has 0 spiro atoms. The third-order valence-electron chi connectivity index (χ3n) is 7.02. The zero-order valence-corrected chi connectivity index (χ0v) is 20.4. The van der Waals surface area contributed by atoms with Gasteiger partial charge >= 0.3 is 0 Å². The van der Waals surface area contributed by atoms with Crippen molar-refractivity contribution in [3.63, 3.8) is 0 Å². The Morgan fingerprint density at radius 3 is 2.42 bits per heavy atom. The zero-order chi connectivity index (χ0) is 23.4. The van der Waals surface area contributed by atoms with E-state index >= 15 is 0 Å². The minimum absolute atomic E-state index is 0.318. The summed E-state index contributed by atoms with van der Waals surface area (Å²) in [5.41, 5.74) is -0.834. The van der Waals surface area contributed by atoms with Gasteiger partial charge in [-0.3, -0.25) is 4.98 Å². The van der Waals surface area contributed by atoms with Gasteiger partial charge in [-0.05, 0) is 37.4 Å². The van der Waals surface area contributed by atoms with E-state index in [1.165, 1.54) is 7.11 Å². The van der Waals surface area contributed by atoms with Crippen LogP contribution in [0.2, 0.25) is 0 Å². The highest BCUT2D eigenvalue weighted by Gasteiger charge is 2.76. The summed E-state index contributed by atoms with van der Waals surface area (Å²) in [5.74, 6) is 0.148. The molecule has 1 fully saturated rings. The van der Waals surface area contributed by atoms with E-state index in [1.807, 2.05) is 73.6 Å². The number of pyridine rings is 1. The highest BCUT2D eigenvalue weighted by molar-refractivity contribution is 9.10. The lowest BCUT2D eigenvalue weighted by atomic mass is 9.70. The molecule has 2 aromatic carbocycles. The number of benzene rings is 2. The minimum Gasteiger partial charge on any atom is -0.495 e. The number of ether oxygens (including phenoxy) is 2. The standard InChI is InChI=1S/C26H27BrN2O4/c1-29(2)15-19-22(16-7-5-4-6-8-16)26(17-9-11-18(27)12-10-17)25(31,24(19)30)23-20(32-3)13-28-14-21(23)33-26/h4-14,19,22,24,30-31H,15H2,1-3H3/t19-,22-,24-,25+,26+/m1/s1. The topological polar surface area (TPSA) is 75.0 Å². The summed E-state index contributed by atoms with van der Waals surface area (Å²) in [6.07, 6.45) is 2.03. The molecule has 1 aliphatic carbocycles. The van der Waals surface area contributed by atoms with Crippen molar-refractivity contribution >= 4 is 15.9 Å². The molecule has 6 nitrogen and oxygen atoms in total. The minimum atomic E-state index is -1.76. The number of aliphatic hydroxyl groups excluding tert-OH is 1. The van der Waals surface area contributed by atoms with E-state index in [2.05, 4.69) is 20.9 Å². The van der Waals surface area contributed by atoms with Gasteiger partial charge in [-0.2, -0.15) is 0 Å². The molecule has 7 heteroatoms. The molecule has 2 heterocycles. The van der Waals surface area contributed by atoms with Gasteiger partial charge in [-0.1, -0.05) is 58.4 Å². The third kappa shape index (κ3) is 3.06. The van der Waals surface area contributed by atoms with Gasteiger partial charge in [0.05, 0.1) is 31.2 Å². The lowest BCUT2D eigenvalue weighted by Crippen LogP contribution is -2.52.